The molecule has 2 saturated heterocycles. The highest BCUT2D eigenvalue weighted by molar-refractivity contribution is 7.80. The van der Waals surface area contributed by atoms with E-state index in [4.69, 9.17) is 17.0 Å². The molecule has 7 nitrogen and oxygen atoms in total. The molecule has 0 radical (unpaired) electrons. The number of aryl methyl sites for hydroxylation is 1. The summed E-state index contributed by atoms with van der Waals surface area (Å²) in [5.41, 5.74) is 5.10. The predicted molar refractivity (Wildman–Crippen MR) is 136 cm³/mol. The van der Waals surface area contributed by atoms with Crippen molar-refractivity contribution in [3.8, 4) is 11.4 Å². The van der Waals surface area contributed by atoms with Crippen LogP contribution in [0.4, 0.5) is 0 Å². The summed E-state index contributed by atoms with van der Waals surface area (Å²) in [6, 6.07) is 15.6. The monoisotopic (exact) mass is 477 g/mol. The van der Waals surface area contributed by atoms with Gasteiger partial charge in [-0.05, 0) is 62.0 Å². The summed E-state index contributed by atoms with van der Waals surface area (Å²) in [6.45, 7) is 9.40. The summed E-state index contributed by atoms with van der Waals surface area (Å²) in [5.74, 6) is 0.265. The third-order valence-electron chi connectivity index (χ3n) is 6.87. The lowest BCUT2D eigenvalue weighted by molar-refractivity contribution is 0.0350. The Morgan fingerprint density at radius 3 is 2.59 bits per heavy atom. The summed E-state index contributed by atoms with van der Waals surface area (Å²) in [4.78, 5) is 9.40. The third kappa shape index (κ3) is 4.29. The summed E-state index contributed by atoms with van der Waals surface area (Å²) in [7, 11) is 0. The second-order valence-corrected chi connectivity index (χ2v) is 9.31. The molecule has 2 aliphatic rings. The molecule has 2 atom stereocenters. The highest BCUT2D eigenvalue weighted by Crippen LogP contribution is 2.41. The van der Waals surface area contributed by atoms with Crippen LogP contribution in [-0.4, -0.2) is 69.0 Å². The van der Waals surface area contributed by atoms with Crippen molar-refractivity contribution in [2.45, 2.75) is 25.9 Å². The van der Waals surface area contributed by atoms with E-state index < -0.39 is 0 Å². The van der Waals surface area contributed by atoms with Gasteiger partial charge in [-0.3, -0.25) is 9.88 Å². The first-order valence-electron chi connectivity index (χ1n) is 11.8. The number of morpholine rings is 1. The average molecular weight is 478 g/mol. The van der Waals surface area contributed by atoms with E-state index in [1.807, 2.05) is 36.5 Å². The normalized spacial score (nSPS) is 21.1. The van der Waals surface area contributed by atoms with E-state index in [2.05, 4.69) is 50.6 Å². The molecule has 0 saturated carbocycles. The van der Waals surface area contributed by atoms with E-state index in [-0.39, 0.29) is 17.8 Å². The van der Waals surface area contributed by atoms with Gasteiger partial charge < -0.3 is 24.6 Å². The lowest BCUT2D eigenvalue weighted by Crippen LogP contribution is -2.42. The van der Waals surface area contributed by atoms with Crippen molar-refractivity contribution in [3.63, 3.8) is 0 Å². The van der Waals surface area contributed by atoms with Gasteiger partial charge >= 0.3 is 0 Å². The van der Waals surface area contributed by atoms with Gasteiger partial charge in [-0.1, -0.05) is 18.2 Å². The second kappa shape index (κ2) is 9.74. The quantitative estimate of drug-likeness (QED) is 0.527. The number of aromatic hydroxyl groups is 1. The first kappa shape index (κ1) is 22.8. The highest BCUT2D eigenvalue weighted by atomic mass is 32.1. The minimum Gasteiger partial charge on any atom is -0.506 e. The van der Waals surface area contributed by atoms with Gasteiger partial charge in [0, 0.05) is 43.8 Å². The lowest BCUT2D eigenvalue weighted by Gasteiger charge is -2.32. The third-order valence-corrected chi connectivity index (χ3v) is 7.22. The lowest BCUT2D eigenvalue weighted by atomic mass is 9.96. The molecular formula is C26H31N5O2S. The van der Waals surface area contributed by atoms with Crippen molar-refractivity contribution in [1.29, 1.82) is 0 Å². The molecule has 34 heavy (non-hydrogen) atoms. The second-order valence-electron chi connectivity index (χ2n) is 8.92. The molecule has 3 aromatic rings. The number of nitrogens with one attached hydrogen (secondary N) is 1. The Bertz CT molecular complexity index is 1160. The largest absolute Gasteiger partial charge is 0.506 e. The molecule has 4 heterocycles. The predicted octanol–water partition coefficient (Wildman–Crippen LogP) is 3.50. The molecule has 2 fully saturated rings. The minimum atomic E-state index is -0.0586. The van der Waals surface area contributed by atoms with Gasteiger partial charge in [0.1, 0.15) is 5.75 Å². The van der Waals surface area contributed by atoms with Crippen LogP contribution >= 0.6 is 12.2 Å². The van der Waals surface area contributed by atoms with Crippen molar-refractivity contribution >= 4 is 17.3 Å². The molecule has 8 heteroatoms. The Hall–Kier alpha value is -2.94. The summed E-state index contributed by atoms with van der Waals surface area (Å²) >= 11 is 5.86. The van der Waals surface area contributed by atoms with Gasteiger partial charge in [-0.25, -0.2) is 0 Å². The number of aromatic nitrogens is 2. The number of hydrogen-bond donors (Lipinski definition) is 2. The van der Waals surface area contributed by atoms with E-state index in [9.17, 15) is 5.11 Å². The number of hydrogen-bond acceptors (Lipinski definition) is 5. The van der Waals surface area contributed by atoms with Gasteiger partial charge in [0.15, 0.2) is 5.11 Å². The number of thiocarbonyl (C=S) groups is 1. The molecule has 0 bridgehead atoms. The number of para-hydroxylation sites is 2. The zero-order chi connectivity index (χ0) is 23.7. The fraction of sp³-hybridized carbons (Fsp3) is 0.385. The molecule has 2 aliphatic heterocycles. The molecule has 178 valence electrons. The first-order chi connectivity index (χ1) is 16.5. The molecule has 2 unspecified atom stereocenters. The number of phenolic OH excluding ortho intramolecular Hbond substituents is 1. The van der Waals surface area contributed by atoms with Crippen LogP contribution < -0.4 is 5.32 Å². The zero-order valence-electron chi connectivity index (χ0n) is 19.6. The van der Waals surface area contributed by atoms with Crippen LogP contribution in [0, 0.1) is 13.8 Å². The van der Waals surface area contributed by atoms with Crippen molar-refractivity contribution in [1.82, 2.24) is 24.7 Å². The van der Waals surface area contributed by atoms with Crippen molar-refractivity contribution in [2.24, 2.45) is 0 Å². The Labute approximate surface area is 206 Å². The number of benzene rings is 1. The topological polar surface area (TPSA) is 65.8 Å². The Morgan fingerprint density at radius 2 is 1.85 bits per heavy atom. The van der Waals surface area contributed by atoms with Crippen LogP contribution in [0.3, 0.4) is 0 Å². The van der Waals surface area contributed by atoms with Crippen LogP contribution in [0.1, 0.15) is 34.7 Å². The van der Waals surface area contributed by atoms with Crippen molar-refractivity contribution < 1.29 is 9.84 Å². The maximum atomic E-state index is 10.5. The van der Waals surface area contributed by atoms with Crippen LogP contribution in [0.25, 0.3) is 5.69 Å². The van der Waals surface area contributed by atoms with Crippen LogP contribution in [0.2, 0.25) is 0 Å². The molecule has 2 N–H and O–H groups in total. The maximum Gasteiger partial charge on any atom is 0.170 e. The summed E-state index contributed by atoms with van der Waals surface area (Å²) < 4.78 is 7.64. The van der Waals surface area contributed by atoms with Crippen LogP contribution in [-0.2, 0) is 4.74 Å². The van der Waals surface area contributed by atoms with Crippen LogP contribution in [0.15, 0.2) is 54.7 Å². The van der Waals surface area contributed by atoms with Gasteiger partial charge in [-0.15, -0.1) is 0 Å². The Morgan fingerprint density at radius 1 is 1.09 bits per heavy atom. The van der Waals surface area contributed by atoms with Gasteiger partial charge in [0.05, 0.1) is 36.7 Å². The number of ether oxygens (including phenoxy) is 1. The fourth-order valence-electron chi connectivity index (χ4n) is 5.17. The number of nitrogens with zero attached hydrogens (tertiary/aromatic N) is 4. The van der Waals surface area contributed by atoms with Gasteiger partial charge in [0.25, 0.3) is 0 Å². The molecule has 2 aromatic heterocycles. The molecule has 0 amide bonds. The smallest absolute Gasteiger partial charge is 0.170 e. The summed E-state index contributed by atoms with van der Waals surface area (Å²) in [6.07, 6.45) is 1.83. The molecular weight excluding hydrogens is 446 g/mol. The van der Waals surface area contributed by atoms with E-state index in [1.165, 1.54) is 5.56 Å². The number of pyridine rings is 1. The molecule has 0 spiro atoms. The van der Waals surface area contributed by atoms with E-state index in [0.29, 0.717) is 0 Å². The average Bonchev–Trinajstić information content (AvgIpc) is 3.34. The maximum absolute atomic E-state index is 10.5. The molecule has 1 aromatic carbocycles. The van der Waals surface area contributed by atoms with E-state index in [1.54, 1.807) is 6.07 Å². The molecule has 5 rings (SSSR count). The fourth-order valence-corrected chi connectivity index (χ4v) is 5.50. The van der Waals surface area contributed by atoms with E-state index in [0.717, 1.165) is 67.3 Å². The Kier molecular flexibility index (Phi) is 6.54. The van der Waals surface area contributed by atoms with Crippen molar-refractivity contribution in [2.75, 3.05) is 39.4 Å². The SMILES string of the molecule is Cc1cc(C2C(c3ccccn3)NC(=S)N2CCN2CCOCC2)c(C)n1-c1ccccc1O. The molecule has 0 aliphatic carbocycles. The van der Waals surface area contributed by atoms with Crippen LogP contribution in [0.5, 0.6) is 5.75 Å². The first-order valence-corrected chi connectivity index (χ1v) is 12.2. The minimum absolute atomic E-state index is 0.00533. The highest BCUT2D eigenvalue weighted by Gasteiger charge is 2.41. The summed E-state index contributed by atoms with van der Waals surface area (Å²) in [5, 5.41) is 14.9. The standard InChI is InChI=1S/C26H31N5O2S/c1-18-17-20(19(2)31(18)22-8-3-4-9-23(22)32)25-24(21-7-5-6-10-27-21)28-26(34)30(25)12-11-29-13-15-33-16-14-29/h3-10,17,24-25,32H,11-16H2,1-2H3,(H,28,34). The van der Waals surface area contributed by atoms with Gasteiger partial charge in [-0.2, -0.15) is 0 Å². The Balaban J connectivity index is 1.53. The number of phenols is 1. The van der Waals surface area contributed by atoms with E-state index >= 15 is 0 Å². The van der Waals surface area contributed by atoms with Gasteiger partial charge in [0.2, 0.25) is 0 Å². The number of rotatable bonds is 6. The zero-order valence-corrected chi connectivity index (χ0v) is 20.5. The van der Waals surface area contributed by atoms with Crippen molar-refractivity contribution in [3.05, 3.63) is 77.4 Å².